The highest BCUT2D eigenvalue weighted by molar-refractivity contribution is 7.99. The number of likely N-dealkylation sites (tertiary alicyclic amines) is 1. The summed E-state index contributed by atoms with van der Waals surface area (Å²) >= 11 is 1.00. The van der Waals surface area contributed by atoms with E-state index in [9.17, 15) is 27.9 Å². The molecular weight excluding hydrogens is 601 g/mol. The van der Waals surface area contributed by atoms with Gasteiger partial charge in [0, 0.05) is 18.7 Å². The van der Waals surface area contributed by atoms with Gasteiger partial charge < -0.3 is 21.1 Å². The Morgan fingerprint density at radius 2 is 1.68 bits per heavy atom. The number of carbonyl (C=O) groups is 3. The number of amides is 3. The molecule has 0 unspecified atom stereocenters. The molecule has 1 aliphatic heterocycles. The van der Waals surface area contributed by atoms with Crippen molar-refractivity contribution in [2.45, 2.75) is 69.5 Å². The predicted octanol–water partition coefficient (Wildman–Crippen LogP) is 2.69. The van der Waals surface area contributed by atoms with Crippen LogP contribution in [0.2, 0.25) is 0 Å². The van der Waals surface area contributed by atoms with Crippen LogP contribution < -0.4 is 15.8 Å². The number of primary amides is 1. The van der Waals surface area contributed by atoms with E-state index < -0.39 is 45.9 Å². The molecule has 3 aromatic rings. The fraction of sp³-hybridized carbons (Fsp3) is 0.406. The normalized spacial score (nSPS) is 16.8. The lowest BCUT2D eigenvalue weighted by Gasteiger charge is -2.37. The summed E-state index contributed by atoms with van der Waals surface area (Å²) in [4.78, 5) is 41.4. The third-order valence-corrected chi connectivity index (χ3v) is 10.4. The van der Waals surface area contributed by atoms with Gasteiger partial charge in [0.2, 0.25) is 27.7 Å². The van der Waals surface area contributed by atoms with E-state index in [4.69, 9.17) is 5.73 Å². The lowest BCUT2D eigenvalue weighted by molar-refractivity contribution is -0.143. The first-order valence-electron chi connectivity index (χ1n) is 14.6. The molecule has 236 valence electrons. The van der Waals surface area contributed by atoms with Crippen molar-refractivity contribution in [3.05, 3.63) is 76.9 Å². The van der Waals surface area contributed by atoms with Gasteiger partial charge in [-0.1, -0.05) is 60.2 Å². The number of aliphatic hydroxyl groups is 1. The number of benzene rings is 3. The van der Waals surface area contributed by atoms with Crippen LogP contribution in [-0.2, 0) is 30.8 Å². The summed E-state index contributed by atoms with van der Waals surface area (Å²) in [5.74, 6) is -2.14. The van der Waals surface area contributed by atoms with E-state index in [1.54, 1.807) is 26.0 Å². The maximum atomic E-state index is 13.9. The van der Waals surface area contributed by atoms with Gasteiger partial charge in [0.15, 0.2) is 0 Å². The summed E-state index contributed by atoms with van der Waals surface area (Å²) in [6, 6.07) is 14.0. The van der Waals surface area contributed by atoms with Crippen LogP contribution in [0.3, 0.4) is 0 Å². The zero-order valence-corrected chi connectivity index (χ0v) is 26.8. The fourth-order valence-corrected chi connectivity index (χ4v) is 8.24. The lowest BCUT2D eigenvalue weighted by atomic mass is 9.98. The highest BCUT2D eigenvalue weighted by atomic mass is 32.2. The van der Waals surface area contributed by atoms with Gasteiger partial charge in [0.05, 0.1) is 10.8 Å². The molecule has 0 aromatic heterocycles. The average Bonchev–Trinajstić information content (AvgIpc) is 2.97. The zero-order valence-electron chi connectivity index (χ0n) is 25.2. The topological polar surface area (TPSA) is 159 Å². The maximum absolute atomic E-state index is 13.9. The number of nitrogens with zero attached hydrogens (tertiary/aromatic N) is 1. The SMILES string of the molecule is Cc1cc(C)c(S(=O)(=O)N[C@@H](CSCO)C(=O)N2CCCC[C@H]2C(=O)N[C@@H](Cc2ccc3ccccc3c2)C(N)=O)c(C)c1. The molecule has 12 heteroatoms. The molecule has 0 spiro atoms. The Bertz CT molecular complexity index is 1620. The molecule has 0 bridgehead atoms. The van der Waals surface area contributed by atoms with Gasteiger partial charge in [0.1, 0.15) is 18.1 Å². The number of piperidine rings is 1. The van der Waals surface area contributed by atoms with Crippen LogP contribution in [0.1, 0.15) is 41.5 Å². The smallest absolute Gasteiger partial charge is 0.243 e. The average molecular weight is 641 g/mol. The summed E-state index contributed by atoms with van der Waals surface area (Å²) in [6.45, 7) is 5.52. The Morgan fingerprint density at radius 3 is 2.34 bits per heavy atom. The standard InChI is InChI=1S/C32H40N4O6S2/c1-20-14-21(2)29(22(3)15-20)44(41,42)35-27(18-43-19-37)32(40)36-13-7-6-10-28(36)31(39)34-26(30(33)38)17-23-11-12-24-8-4-5-9-25(24)16-23/h4-5,8-9,11-12,14-16,26-28,35,37H,6-7,10,13,17-19H2,1-3H3,(H2,33,38)(H,34,39)/t26-,27-,28-/m0/s1. The third kappa shape index (κ3) is 7.98. The first-order chi connectivity index (χ1) is 20.9. The Hall–Kier alpha value is -3.45. The van der Waals surface area contributed by atoms with Crippen LogP contribution in [-0.4, -0.2) is 72.5 Å². The molecule has 3 atom stereocenters. The van der Waals surface area contributed by atoms with E-state index in [1.165, 1.54) is 4.90 Å². The van der Waals surface area contributed by atoms with Crippen molar-refractivity contribution in [1.82, 2.24) is 14.9 Å². The highest BCUT2D eigenvalue weighted by Crippen LogP contribution is 2.24. The number of thioether (sulfide) groups is 1. The molecule has 1 fully saturated rings. The number of rotatable bonds is 12. The molecular formula is C32H40N4O6S2. The predicted molar refractivity (Wildman–Crippen MR) is 172 cm³/mol. The largest absolute Gasteiger partial charge is 0.386 e. The minimum atomic E-state index is -4.12. The summed E-state index contributed by atoms with van der Waals surface area (Å²) in [5.41, 5.74) is 8.53. The van der Waals surface area contributed by atoms with E-state index in [1.807, 2.05) is 49.4 Å². The van der Waals surface area contributed by atoms with E-state index in [2.05, 4.69) is 10.0 Å². The van der Waals surface area contributed by atoms with Gasteiger partial charge >= 0.3 is 0 Å². The number of aryl methyl sites for hydroxylation is 3. The molecule has 4 rings (SSSR count). The van der Waals surface area contributed by atoms with Crippen LogP contribution in [0.4, 0.5) is 0 Å². The number of aliphatic hydroxyl groups excluding tert-OH is 1. The van der Waals surface area contributed by atoms with Crippen molar-refractivity contribution in [2.24, 2.45) is 5.73 Å². The van der Waals surface area contributed by atoms with Crippen molar-refractivity contribution >= 4 is 50.3 Å². The summed E-state index contributed by atoms with van der Waals surface area (Å²) < 4.78 is 29.7. The lowest BCUT2D eigenvalue weighted by Crippen LogP contribution is -2.60. The monoisotopic (exact) mass is 640 g/mol. The van der Waals surface area contributed by atoms with Crippen molar-refractivity contribution in [1.29, 1.82) is 0 Å². The van der Waals surface area contributed by atoms with Crippen LogP contribution >= 0.6 is 11.8 Å². The van der Waals surface area contributed by atoms with Crippen molar-refractivity contribution in [3.63, 3.8) is 0 Å². The molecule has 1 heterocycles. The molecule has 10 nitrogen and oxygen atoms in total. The van der Waals surface area contributed by atoms with Gasteiger partial charge in [-0.05, 0) is 67.5 Å². The molecule has 5 N–H and O–H groups in total. The van der Waals surface area contributed by atoms with Gasteiger partial charge in [-0.25, -0.2) is 8.42 Å². The van der Waals surface area contributed by atoms with Crippen LogP contribution in [0.5, 0.6) is 0 Å². The summed E-state index contributed by atoms with van der Waals surface area (Å²) in [6.07, 6.45) is 1.84. The summed E-state index contributed by atoms with van der Waals surface area (Å²) in [5, 5.41) is 14.3. The number of sulfonamides is 1. The van der Waals surface area contributed by atoms with Crippen molar-refractivity contribution in [3.8, 4) is 0 Å². The highest BCUT2D eigenvalue weighted by Gasteiger charge is 2.38. The first kappa shape index (κ1) is 33.4. The van der Waals surface area contributed by atoms with Crippen LogP contribution in [0, 0.1) is 20.8 Å². The molecule has 44 heavy (non-hydrogen) atoms. The quantitative estimate of drug-likeness (QED) is 0.222. The molecule has 0 saturated carbocycles. The number of nitrogens with one attached hydrogen (secondary N) is 2. The molecule has 3 aromatic carbocycles. The van der Waals surface area contributed by atoms with Crippen molar-refractivity contribution < 1.29 is 27.9 Å². The zero-order chi connectivity index (χ0) is 32.0. The summed E-state index contributed by atoms with van der Waals surface area (Å²) in [7, 11) is -4.12. The molecule has 0 aliphatic carbocycles. The number of hydrogen-bond donors (Lipinski definition) is 4. The van der Waals surface area contributed by atoms with E-state index >= 15 is 0 Å². The molecule has 0 radical (unpaired) electrons. The van der Waals surface area contributed by atoms with Gasteiger partial charge in [0.25, 0.3) is 0 Å². The Morgan fingerprint density at radius 1 is 1.00 bits per heavy atom. The molecule has 1 aliphatic rings. The number of hydrogen-bond acceptors (Lipinski definition) is 7. The Balaban J connectivity index is 1.54. The Labute approximate surface area is 262 Å². The fourth-order valence-electron chi connectivity index (χ4n) is 5.92. The molecule has 3 amide bonds. The van der Waals surface area contributed by atoms with Gasteiger partial charge in [-0.2, -0.15) is 4.72 Å². The second-order valence-electron chi connectivity index (χ2n) is 11.3. The third-order valence-electron chi connectivity index (χ3n) is 7.85. The first-order valence-corrected chi connectivity index (χ1v) is 17.2. The second-order valence-corrected chi connectivity index (χ2v) is 13.9. The van der Waals surface area contributed by atoms with E-state index in [0.717, 1.165) is 33.7 Å². The number of nitrogens with two attached hydrogens (primary N) is 1. The number of carbonyl (C=O) groups excluding carboxylic acids is 3. The Kier molecular flexibility index (Phi) is 11.1. The maximum Gasteiger partial charge on any atom is 0.243 e. The second kappa shape index (κ2) is 14.6. The molecule has 1 saturated heterocycles. The van der Waals surface area contributed by atoms with Gasteiger partial charge in [-0.3, -0.25) is 14.4 Å². The minimum Gasteiger partial charge on any atom is -0.386 e. The van der Waals surface area contributed by atoms with Crippen molar-refractivity contribution in [2.75, 3.05) is 18.2 Å². The number of fused-ring (bicyclic) bond motifs is 1. The van der Waals surface area contributed by atoms with E-state index in [-0.39, 0.29) is 29.6 Å². The minimum absolute atomic E-state index is 0.0325. The van der Waals surface area contributed by atoms with Crippen LogP contribution in [0.15, 0.2) is 59.5 Å². The van der Waals surface area contributed by atoms with Gasteiger partial charge in [-0.15, -0.1) is 11.8 Å². The van der Waals surface area contributed by atoms with Crippen LogP contribution in [0.25, 0.3) is 10.8 Å². The van der Waals surface area contributed by atoms with E-state index in [0.29, 0.717) is 30.4 Å².